The van der Waals surface area contributed by atoms with Crippen LogP contribution in [0.3, 0.4) is 0 Å². The van der Waals surface area contributed by atoms with Gasteiger partial charge in [-0.1, -0.05) is 85.6 Å². The maximum Gasteiger partial charge on any atom is 0.197 e. The summed E-state index contributed by atoms with van der Waals surface area (Å²) in [5, 5.41) is 0. The minimum absolute atomic E-state index is 0.342. The Hall–Kier alpha value is -0.380. The van der Waals surface area contributed by atoms with Gasteiger partial charge in [0.05, 0.1) is 0 Å². The summed E-state index contributed by atoms with van der Waals surface area (Å²) < 4.78 is 19.0. The summed E-state index contributed by atoms with van der Waals surface area (Å²) in [4.78, 5) is 0. The normalized spacial score (nSPS) is 13.5. The molecule has 0 aromatic rings. The van der Waals surface area contributed by atoms with Gasteiger partial charge in [-0.25, -0.2) is 0 Å². The van der Waals surface area contributed by atoms with Gasteiger partial charge in [-0.05, 0) is 32.6 Å². The minimum Gasteiger partial charge on any atom is -0.373 e. The molecule has 0 saturated heterocycles. The Bertz CT molecular complexity index is 322. The Morgan fingerprint density at radius 2 is 1.21 bits per heavy atom. The van der Waals surface area contributed by atoms with Gasteiger partial charge < -0.3 is 14.2 Å². The van der Waals surface area contributed by atoms with Gasteiger partial charge in [0.25, 0.3) is 0 Å². The summed E-state index contributed by atoms with van der Waals surface area (Å²) >= 11 is 0. The van der Waals surface area contributed by atoms with E-state index >= 15 is 0 Å². The van der Waals surface area contributed by atoms with Gasteiger partial charge in [-0.3, -0.25) is 0 Å². The van der Waals surface area contributed by atoms with Crippen molar-refractivity contribution in [2.45, 2.75) is 130 Å². The third-order valence-electron chi connectivity index (χ3n) is 5.22. The predicted octanol–water partition coefficient (Wildman–Crippen LogP) is 8.07. The standard InChI is InChI=1S/C22H46O3.C3H6/c1-7-12-13-14-15-16-18-21(23-6,17-8-2)22(11-5,24-19-9-3)25-20-10-4;1-3-2/h7-20H2,1-6H3;3H,1H2,2H3. The zero-order chi connectivity index (χ0) is 21.7. The van der Waals surface area contributed by atoms with Crippen LogP contribution >= 0.6 is 0 Å². The van der Waals surface area contributed by atoms with Gasteiger partial charge in [0.2, 0.25) is 0 Å². The quantitative estimate of drug-likeness (QED) is 0.132. The van der Waals surface area contributed by atoms with Crippen LogP contribution in [-0.2, 0) is 14.2 Å². The number of methoxy groups -OCH3 is 1. The molecule has 0 heterocycles. The molecule has 3 nitrogen and oxygen atoms in total. The molecule has 170 valence electrons. The summed E-state index contributed by atoms with van der Waals surface area (Å²) in [6.45, 7) is 17.7. The van der Waals surface area contributed by atoms with Gasteiger partial charge in [0.15, 0.2) is 5.79 Å². The van der Waals surface area contributed by atoms with Gasteiger partial charge in [0.1, 0.15) is 5.60 Å². The van der Waals surface area contributed by atoms with Crippen molar-refractivity contribution in [3.05, 3.63) is 12.7 Å². The number of rotatable bonds is 18. The van der Waals surface area contributed by atoms with E-state index in [1.165, 1.54) is 38.5 Å². The van der Waals surface area contributed by atoms with Crippen LogP contribution in [0.25, 0.3) is 0 Å². The van der Waals surface area contributed by atoms with Crippen LogP contribution in [0, 0.1) is 0 Å². The molecule has 0 aromatic heterocycles. The molecule has 0 saturated carbocycles. The SMILES string of the molecule is C=CC.CCCCCCCCC(CCC)(OC)C(CC)(OCCC)OCCC. The van der Waals surface area contributed by atoms with Crippen molar-refractivity contribution < 1.29 is 14.2 Å². The molecule has 0 aliphatic carbocycles. The lowest BCUT2D eigenvalue weighted by Crippen LogP contribution is -2.59. The van der Waals surface area contributed by atoms with Crippen molar-refractivity contribution in [1.29, 1.82) is 0 Å². The fraction of sp³-hybridized carbons (Fsp3) is 0.920. The lowest BCUT2D eigenvalue weighted by molar-refractivity contribution is -0.333. The van der Waals surface area contributed by atoms with Crippen LogP contribution in [0.1, 0.15) is 119 Å². The Morgan fingerprint density at radius 1 is 0.714 bits per heavy atom. The third-order valence-corrected chi connectivity index (χ3v) is 5.22. The Balaban J connectivity index is 0. The average molecular weight is 401 g/mol. The summed E-state index contributed by atoms with van der Waals surface area (Å²) in [5.41, 5.74) is -0.342. The molecule has 0 aromatic carbocycles. The van der Waals surface area contributed by atoms with Crippen LogP contribution in [0.2, 0.25) is 0 Å². The molecule has 28 heavy (non-hydrogen) atoms. The Kier molecular flexibility index (Phi) is 21.2. The Morgan fingerprint density at radius 3 is 1.61 bits per heavy atom. The van der Waals surface area contributed by atoms with Crippen molar-refractivity contribution in [2.75, 3.05) is 20.3 Å². The van der Waals surface area contributed by atoms with Crippen molar-refractivity contribution in [2.24, 2.45) is 0 Å². The van der Waals surface area contributed by atoms with E-state index in [4.69, 9.17) is 14.2 Å². The molecule has 0 amide bonds. The smallest absolute Gasteiger partial charge is 0.197 e. The van der Waals surface area contributed by atoms with E-state index in [0.717, 1.165) is 51.7 Å². The van der Waals surface area contributed by atoms with E-state index in [2.05, 4.69) is 41.2 Å². The second-order valence-corrected chi connectivity index (χ2v) is 7.68. The average Bonchev–Trinajstić information content (AvgIpc) is 2.71. The molecule has 1 atom stereocenters. The molecule has 1 unspecified atom stereocenters. The largest absolute Gasteiger partial charge is 0.373 e. The second kappa shape index (κ2) is 19.9. The lowest BCUT2D eigenvalue weighted by atomic mass is 9.81. The first-order valence-electron chi connectivity index (χ1n) is 11.9. The van der Waals surface area contributed by atoms with Crippen LogP contribution < -0.4 is 0 Å². The molecule has 0 fully saturated rings. The Labute approximate surface area is 177 Å². The van der Waals surface area contributed by atoms with Gasteiger partial charge in [0, 0.05) is 26.7 Å². The topological polar surface area (TPSA) is 27.7 Å². The predicted molar refractivity (Wildman–Crippen MR) is 124 cm³/mol. The summed E-state index contributed by atoms with van der Waals surface area (Å²) in [7, 11) is 1.85. The van der Waals surface area contributed by atoms with Crippen LogP contribution in [0.15, 0.2) is 12.7 Å². The van der Waals surface area contributed by atoms with Crippen molar-refractivity contribution in [3.63, 3.8) is 0 Å². The van der Waals surface area contributed by atoms with Crippen LogP contribution in [0.4, 0.5) is 0 Å². The third kappa shape index (κ3) is 11.0. The second-order valence-electron chi connectivity index (χ2n) is 7.68. The number of unbranched alkanes of at least 4 members (excludes halogenated alkanes) is 5. The van der Waals surface area contributed by atoms with Gasteiger partial charge in [-0.2, -0.15) is 0 Å². The molecule has 0 bridgehead atoms. The van der Waals surface area contributed by atoms with E-state index in [0.29, 0.717) is 0 Å². The first-order valence-corrected chi connectivity index (χ1v) is 11.9. The van der Waals surface area contributed by atoms with E-state index in [1.807, 2.05) is 14.0 Å². The molecule has 0 rings (SSSR count). The van der Waals surface area contributed by atoms with Gasteiger partial charge >= 0.3 is 0 Å². The first kappa shape index (κ1) is 29.8. The molecule has 0 radical (unpaired) electrons. The molecular weight excluding hydrogens is 348 g/mol. The zero-order valence-corrected chi connectivity index (χ0v) is 20.4. The minimum atomic E-state index is -0.618. The highest BCUT2D eigenvalue weighted by atomic mass is 16.7. The first-order chi connectivity index (χ1) is 13.5. The number of allylic oxidation sites excluding steroid dienone is 1. The highest BCUT2D eigenvalue weighted by Crippen LogP contribution is 2.42. The fourth-order valence-electron chi connectivity index (χ4n) is 3.83. The van der Waals surface area contributed by atoms with E-state index in [1.54, 1.807) is 6.08 Å². The molecule has 0 aliphatic rings. The lowest BCUT2D eigenvalue weighted by Gasteiger charge is -2.49. The van der Waals surface area contributed by atoms with Crippen molar-refractivity contribution in [1.82, 2.24) is 0 Å². The molecule has 0 spiro atoms. The molecular formula is C25H52O3. The summed E-state index contributed by atoms with van der Waals surface area (Å²) in [6, 6.07) is 0. The number of hydrogen-bond acceptors (Lipinski definition) is 3. The van der Waals surface area contributed by atoms with Crippen molar-refractivity contribution >= 4 is 0 Å². The highest BCUT2D eigenvalue weighted by molar-refractivity contribution is 4.96. The van der Waals surface area contributed by atoms with Crippen molar-refractivity contribution in [3.8, 4) is 0 Å². The molecule has 0 aliphatic heterocycles. The van der Waals surface area contributed by atoms with E-state index in [-0.39, 0.29) is 5.60 Å². The highest BCUT2D eigenvalue weighted by Gasteiger charge is 2.52. The fourth-order valence-corrected chi connectivity index (χ4v) is 3.83. The monoisotopic (exact) mass is 400 g/mol. The molecule has 0 N–H and O–H groups in total. The molecule has 3 heteroatoms. The maximum atomic E-state index is 6.39. The van der Waals surface area contributed by atoms with Crippen LogP contribution in [0.5, 0.6) is 0 Å². The van der Waals surface area contributed by atoms with Crippen LogP contribution in [-0.4, -0.2) is 31.7 Å². The zero-order valence-electron chi connectivity index (χ0n) is 20.4. The maximum absolute atomic E-state index is 6.39. The van der Waals surface area contributed by atoms with E-state index < -0.39 is 5.79 Å². The number of hydrogen-bond donors (Lipinski definition) is 0. The van der Waals surface area contributed by atoms with E-state index in [9.17, 15) is 0 Å². The summed E-state index contributed by atoms with van der Waals surface area (Å²) in [6.07, 6.45) is 15.4. The van der Waals surface area contributed by atoms with Gasteiger partial charge in [-0.15, -0.1) is 6.58 Å². The summed E-state index contributed by atoms with van der Waals surface area (Å²) in [5.74, 6) is -0.618. The number of ether oxygens (including phenoxy) is 3.